The zero-order chi connectivity index (χ0) is 24.8. The zero-order valence-electron chi connectivity index (χ0n) is 21.3. The molecule has 35 heavy (non-hydrogen) atoms. The number of amides is 1. The third kappa shape index (κ3) is 5.99. The second kappa shape index (κ2) is 11.3. The van der Waals surface area contributed by atoms with Crippen LogP contribution in [0.4, 0.5) is 5.82 Å². The summed E-state index contributed by atoms with van der Waals surface area (Å²) in [5.74, 6) is 3.22. The molecule has 2 aromatic carbocycles. The summed E-state index contributed by atoms with van der Waals surface area (Å²) in [6, 6.07) is 18.4. The average Bonchev–Trinajstić information content (AvgIpc) is 2.89. The summed E-state index contributed by atoms with van der Waals surface area (Å²) in [5.41, 5.74) is 4.45. The van der Waals surface area contributed by atoms with Crippen molar-refractivity contribution in [1.29, 1.82) is 0 Å². The maximum atomic E-state index is 12.6. The molecule has 6 heteroatoms. The van der Waals surface area contributed by atoms with Crippen molar-refractivity contribution in [3.63, 3.8) is 0 Å². The molecule has 0 radical (unpaired) electrons. The maximum Gasteiger partial charge on any atom is 0.222 e. The topological polar surface area (TPSA) is 58.6 Å². The second-order valence-corrected chi connectivity index (χ2v) is 9.51. The maximum absolute atomic E-state index is 12.6. The van der Waals surface area contributed by atoms with Crippen LogP contribution in [0.1, 0.15) is 44.0 Å². The Morgan fingerprint density at radius 2 is 1.66 bits per heavy atom. The van der Waals surface area contributed by atoms with Crippen molar-refractivity contribution in [1.82, 2.24) is 14.9 Å². The number of nitrogens with zero attached hydrogens (tertiary/aromatic N) is 4. The first kappa shape index (κ1) is 24.7. The van der Waals surface area contributed by atoms with E-state index in [1.807, 2.05) is 35.2 Å². The Labute approximate surface area is 209 Å². The van der Waals surface area contributed by atoms with Gasteiger partial charge in [0.25, 0.3) is 0 Å². The van der Waals surface area contributed by atoms with Gasteiger partial charge in [0.05, 0.1) is 7.11 Å². The predicted octanol–water partition coefficient (Wildman–Crippen LogP) is 5.00. The molecule has 184 valence electrons. The Morgan fingerprint density at radius 1 is 0.971 bits per heavy atom. The van der Waals surface area contributed by atoms with Crippen LogP contribution in [-0.4, -0.2) is 54.1 Å². The van der Waals surface area contributed by atoms with Crippen LogP contribution in [0.5, 0.6) is 5.75 Å². The second-order valence-electron chi connectivity index (χ2n) is 9.51. The first-order valence-electron chi connectivity index (χ1n) is 12.6. The van der Waals surface area contributed by atoms with Crippen LogP contribution in [0.2, 0.25) is 0 Å². The van der Waals surface area contributed by atoms with Crippen molar-refractivity contribution in [2.75, 3.05) is 38.2 Å². The van der Waals surface area contributed by atoms with E-state index in [2.05, 4.69) is 49.9 Å². The monoisotopic (exact) mass is 472 g/mol. The molecule has 0 aliphatic carbocycles. The van der Waals surface area contributed by atoms with Crippen LogP contribution in [0.15, 0.2) is 54.6 Å². The van der Waals surface area contributed by atoms with E-state index in [1.54, 1.807) is 7.11 Å². The molecular weight excluding hydrogens is 436 g/mol. The number of carbonyl (C=O) groups is 1. The van der Waals surface area contributed by atoms with E-state index in [-0.39, 0.29) is 5.91 Å². The molecule has 4 rings (SSSR count). The molecule has 3 aromatic rings. The highest BCUT2D eigenvalue weighted by molar-refractivity contribution is 5.76. The minimum atomic E-state index is 0.250. The third-order valence-electron chi connectivity index (χ3n) is 6.49. The van der Waals surface area contributed by atoms with Gasteiger partial charge in [-0.05, 0) is 30.0 Å². The van der Waals surface area contributed by atoms with Crippen molar-refractivity contribution in [3.05, 3.63) is 71.4 Å². The molecule has 1 aliphatic heterocycles. The van der Waals surface area contributed by atoms with Crippen LogP contribution < -0.4 is 9.64 Å². The Morgan fingerprint density at radius 3 is 2.26 bits per heavy atom. The summed E-state index contributed by atoms with van der Waals surface area (Å²) in [5, 5.41) is 0. The fourth-order valence-corrected chi connectivity index (χ4v) is 4.56. The number of hydrogen-bond acceptors (Lipinski definition) is 5. The van der Waals surface area contributed by atoms with Crippen LogP contribution in [0, 0.1) is 5.92 Å². The summed E-state index contributed by atoms with van der Waals surface area (Å²) in [6.45, 7) is 9.33. The fourth-order valence-electron chi connectivity index (χ4n) is 4.56. The van der Waals surface area contributed by atoms with Gasteiger partial charge in [0.15, 0.2) is 5.82 Å². The van der Waals surface area contributed by atoms with Gasteiger partial charge in [-0.1, -0.05) is 63.2 Å². The summed E-state index contributed by atoms with van der Waals surface area (Å²) in [6.07, 6.45) is 2.19. The van der Waals surface area contributed by atoms with Crippen LogP contribution in [0.25, 0.3) is 11.4 Å². The Bertz CT molecular complexity index is 1120. The summed E-state index contributed by atoms with van der Waals surface area (Å²) in [7, 11) is 1.68. The standard InChI is InChI=1S/C29H36N4O2/c1-5-26-25(20-22-11-13-24(35-4)14-12-22)29(31-28(30-26)23-9-7-6-8-10-23)33-17-15-32(16-18-33)27(34)19-21(2)3/h6-14,21H,5,15-20H2,1-4H3. The van der Waals surface area contributed by atoms with Gasteiger partial charge in [0.2, 0.25) is 5.91 Å². The largest absolute Gasteiger partial charge is 0.497 e. The summed E-state index contributed by atoms with van der Waals surface area (Å²) >= 11 is 0. The van der Waals surface area contributed by atoms with Gasteiger partial charge in [-0.15, -0.1) is 0 Å². The van der Waals surface area contributed by atoms with Crippen molar-refractivity contribution in [2.45, 2.75) is 40.0 Å². The number of aryl methyl sites for hydroxylation is 1. The molecule has 0 unspecified atom stereocenters. The molecule has 1 aliphatic rings. The number of methoxy groups -OCH3 is 1. The minimum absolute atomic E-state index is 0.250. The smallest absolute Gasteiger partial charge is 0.222 e. The lowest BCUT2D eigenvalue weighted by atomic mass is 10.0. The molecule has 6 nitrogen and oxygen atoms in total. The van der Waals surface area contributed by atoms with Crippen molar-refractivity contribution in [2.24, 2.45) is 5.92 Å². The van der Waals surface area contributed by atoms with E-state index in [9.17, 15) is 4.79 Å². The zero-order valence-corrected chi connectivity index (χ0v) is 21.3. The number of piperazine rings is 1. The van der Waals surface area contributed by atoms with E-state index < -0.39 is 0 Å². The highest BCUT2D eigenvalue weighted by Crippen LogP contribution is 2.29. The molecule has 0 saturated carbocycles. The van der Waals surface area contributed by atoms with Crippen LogP contribution in [-0.2, 0) is 17.6 Å². The lowest BCUT2D eigenvalue weighted by Crippen LogP contribution is -2.49. The molecular formula is C29H36N4O2. The van der Waals surface area contributed by atoms with Gasteiger partial charge in [-0.25, -0.2) is 9.97 Å². The van der Waals surface area contributed by atoms with E-state index in [4.69, 9.17) is 14.7 Å². The lowest BCUT2D eigenvalue weighted by Gasteiger charge is -2.37. The number of benzene rings is 2. The molecule has 1 saturated heterocycles. The average molecular weight is 473 g/mol. The summed E-state index contributed by atoms with van der Waals surface area (Å²) in [4.78, 5) is 27.1. The van der Waals surface area contributed by atoms with E-state index in [0.717, 1.165) is 67.7 Å². The van der Waals surface area contributed by atoms with E-state index in [1.165, 1.54) is 11.1 Å². The normalized spacial score (nSPS) is 13.9. The molecule has 0 bridgehead atoms. The molecule has 1 fully saturated rings. The first-order chi connectivity index (χ1) is 17.0. The molecule has 1 aromatic heterocycles. The predicted molar refractivity (Wildman–Crippen MR) is 141 cm³/mol. The van der Waals surface area contributed by atoms with E-state index >= 15 is 0 Å². The Kier molecular flexibility index (Phi) is 8.01. The van der Waals surface area contributed by atoms with Crippen LogP contribution in [0.3, 0.4) is 0 Å². The number of aromatic nitrogens is 2. The molecule has 0 atom stereocenters. The number of carbonyl (C=O) groups excluding carboxylic acids is 1. The quantitative estimate of drug-likeness (QED) is 0.462. The van der Waals surface area contributed by atoms with Gasteiger partial charge >= 0.3 is 0 Å². The number of ether oxygens (including phenoxy) is 1. The third-order valence-corrected chi connectivity index (χ3v) is 6.49. The number of hydrogen-bond donors (Lipinski definition) is 0. The SMILES string of the molecule is CCc1nc(-c2ccccc2)nc(N2CCN(C(=O)CC(C)C)CC2)c1Cc1ccc(OC)cc1. The highest BCUT2D eigenvalue weighted by atomic mass is 16.5. The Hall–Kier alpha value is -3.41. The van der Waals surface area contributed by atoms with Gasteiger partial charge in [-0.3, -0.25) is 4.79 Å². The van der Waals surface area contributed by atoms with Gasteiger partial charge in [0.1, 0.15) is 11.6 Å². The van der Waals surface area contributed by atoms with Crippen molar-refractivity contribution >= 4 is 11.7 Å². The van der Waals surface area contributed by atoms with Crippen LogP contribution >= 0.6 is 0 Å². The number of anilines is 1. The summed E-state index contributed by atoms with van der Waals surface area (Å²) < 4.78 is 5.34. The minimum Gasteiger partial charge on any atom is -0.497 e. The van der Waals surface area contributed by atoms with E-state index in [0.29, 0.717) is 12.3 Å². The fraction of sp³-hybridized carbons (Fsp3) is 0.414. The Balaban J connectivity index is 1.68. The van der Waals surface area contributed by atoms with Gasteiger partial charge < -0.3 is 14.5 Å². The van der Waals surface area contributed by atoms with Crippen molar-refractivity contribution in [3.8, 4) is 17.1 Å². The first-order valence-corrected chi connectivity index (χ1v) is 12.6. The van der Waals surface area contributed by atoms with Gasteiger partial charge in [-0.2, -0.15) is 0 Å². The molecule has 0 spiro atoms. The van der Waals surface area contributed by atoms with Gasteiger partial charge in [0, 0.05) is 55.8 Å². The molecule has 2 heterocycles. The lowest BCUT2D eigenvalue weighted by molar-refractivity contribution is -0.132. The molecule has 0 N–H and O–H groups in total. The molecule has 1 amide bonds. The number of rotatable bonds is 8. The van der Waals surface area contributed by atoms with Crippen molar-refractivity contribution < 1.29 is 9.53 Å². The highest BCUT2D eigenvalue weighted by Gasteiger charge is 2.26.